The third kappa shape index (κ3) is 2.97. The van der Waals surface area contributed by atoms with E-state index >= 15 is 0 Å². The quantitative estimate of drug-likeness (QED) is 0.872. The zero-order chi connectivity index (χ0) is 13.0. The Morgan fingerprint density at radius 3 is 2.89 bits per heavy atom. The van der Waals surface area contributed by atoms with Gasteiger partial charge in [0.1, 0.15) is 12.2 Å². The van der Waals surface area contributed by atoms with Crippen LogP contribution in [-0.4, -0.2) is 14.8 Å². The van der Waals surface area contributed by atoms with Crippen molar-refractivity contribution in [2.45, 2.75) is 39.9 Å². The zero-order valence-corrected chi connectivity index (χ0v) is 11.9. The standard InChI is InChI=1S/C13H20N4S/c1-4-17-12(15-9-16-17)8-14-13(10(2)3)11-6-5-7-18-11/h5-7,9-10,13-14H,4,8H2,1-3H3. The van der Waals surface area contributed by atoms with Crippen molar-refractivity contribution in [3.05, 3.63) is 34.5 Å². The number of hydrogen-bond acceptors (Lipinski definition) is 4. The molecule has 0 amide bonds. The second kappa shape index (κ2) is 6.11. The van der Waals surface area contributed by atoms with E-state index in [0.29, 0.717) is 12.0 Å². The fourth-order valence-electron chi connectivity index (χ4n) is 2.02. The molecule has 5 heteroatoms. The lowest BCUT2D eigenvalue weighted by molar-refractivity contribution is 0.405. The molecule has 1 N–H and O–H groups in total. The van der Waals surface area contributed by atoms with E-state index in [1.807, 2.05) is 4.68 Å². The molecule has 0 aliphatic heterocycles. The van der Waals surface area contributed by atoms with Crippen LogP contribution in [0.1, 0.15) is 37.5 Å². The van der Waals surface area contributed by atoms with E-state index in [0.717, 1.165) is 18.9 Å². The van der Waals surface area contributed by atoms with Gasteiger partial charge in [-0.3, -0.25) is 0 Å². The summed E-state index contributed by atoms with van der Waals surface area (Å²) in [5.74, 6) is 1.56. The maximum Gasteiger partial charge on any atom is 0.140 e. The molecule has 0 aromatic carbocycles. The molecule has 0 spiro atoms. The predicted molar refractivity (Wildman–Crippen MR) is 74.4 cm³/mol. The van der Waals surface area contributed by atoms with Crippen LogP contribution in [0.2, 0.25) is 0 Å². The molecule has 0 aliphatic carbocycles. The number of aromatic nitrogens is 3. The van der Waals surface area contributed by atoms with Gasteiger partial charge in [0, 0.05) is 17.5 Å². The highest BCUT2D eigenvalue weighted by atomic mass is 32.1. The van der Waals surface area contributed by atoms with Crippen LogP contribution in [0.3, 0.4) is 0 Å². The second-order valence-corrected chi connectivity index (χ2v) is 5.59. The molecule has 0 radical (unpaired) electrons. The van der Waals surface area contributed by atoms with Crippen LogP contribution in [-0.2, 0) is 13.1 Å². The summed E-state index contributed by atoms with van der Waals surface area (Å²) in [5.41, 5.74) is 0. The zero-order valence-electron chi connectivity index (χ0n) is 11.1. The molecule has 4 nitrogen and oxygen atoms in total. The highest BCUT2D eigenvalue weighted by molar-refractivity contribution is 7.10. The van der Waals surface area contributed by atoms with Crippen LogP contribution >= 0.6 is 11.3 Å². The van der Waals surface area contributed by atoms with E-state index < -0.39 is 0 Å². The first-order valence-electron chi connectivity index (χ1n) is 6.35. The molecule has 2 aromatic heterocycles. The number of aryl methyl sites for hydroxylation is 1. The Morgan fingerprint density at radius 2 is 2.28 bits per heavy atom. The third-order valence-electron chi connectivity index (χ3n) is 2.99. The predicted octanol–water partition coefficient (Wildman–Crippen LogP) is 2.85. The van der Waals surface area contributed by atoms with Gasteiger partial charge >= 0.3 is 0 Å². The van der Waals surface area contributed by atoms with Crippen molar-refractivity contribution < 1.29 is 0 Å². The normalized spacial score (nSPS) is 13.1. The van der Waals surface area contributed by atoms with Gasteiger partial charge in [-0.1, -0.05) is 19.9 Å². The fourth-order valence-corrected chi connectivity index (χ4v) is 3.00. The molecular formula is C13H20N4S. The highest BCUT2D eigenvalue weighted by Gasteiger charge is 2.17. The van der Waals surface area contributed by atoms with Crippen LogP contribution in [0.4, 0.5) is 0 Å². The summed E-state index contributed by atoms with van der Waals surface area (Å²) in [6.45, 7) is 8.18. The highest BCUT2D eigenvalue weighted by Crippen LogP contribution is 2.25. The lowest BCUT2D eigenvalue weighted by Crippen LogP contribution is -2.26. The van der Waals surface area contributed by atoms with Gasteiger partial charge in [0.15, 0.2) is 0 Å². The van der Waals surface area contributed by atoms with Gasteiger partial charge in [0.2, 0.25) is 0 Å². The minimum absolute atomic E-state index is 0.381. The summed E-state index contributed by atoms with van der Waals surface area (Å²) in [5, 5.41) is 9.90. The van der Waals surface area contributed by atoms with E-state index in [1.165, 1.54) is 4.88 Å². The van der Waals surface area contributed by atoms with Gasteiger partial charge in [-0.25, -0.2) is 9.67 Å². The molecule has 1 unspecified atom stereocenters. The molecule has 98 valence electrons. The number of hydrogen-bond donors (Lipinski definition) is 1. The molecule has 1 atom stereocenters. The third-order valence-corrected chi connectivity index (χ3v) is 3.95. The molecule has 2 rings (SSSR count). The van der Waals surface area contributed by atoms with Gasteiger partial charge in [0.25, 0.3) is 0 Å². The monoisotopic (exact) mass is 264 g/mol. The Labute approximate surface area is 112 Å². The van der Waals surface area contributed by atoms with Crippen molar-refractivity contribution in [2.75, 3.05) is 0 Å². The first-order valence-corrected chi connectivity index (χ1v) is 7.23. The maximum atomic E-state index is 4.29. The Balaban J connectivity index is 2.03. The van der Waals surface area contributed by atoms with Gasteiger partial charge in [-0.2, -0.15) is 5.10 Å². The minimum Gasteiger partial charge on any atom is -0.302 e. The van der Waals surface area contributed by atoms with Gasteiger partial charge in [-0.05, 0) is 24.3 Å². The fraction of sp³-hybridized carbons (Fsp3) is 0.538. The number of rotatable bonds is 6. The smallest absolute Gasteiger partial charge is 0.140 e. The first kappa shape index (κ1) is 13.2. The van der Waals surface area contributed by atoms with Crippen LogP contribution in [0, 0.1) is 5.92 Å². The molecule has 2 aromatic rings. The van der Waals surface area contributed by atoms with Crippen LogP contribution in [0.15, 0.2) is 23.8 Å². The van der Waals surface area contributed by atoms with E-state index in [9.17, 15) is 0 Å². The van der Waals surface area contributed by atoms with E-state index in [-0.39, 0.29) is 0 Å². The van der Waals surface area contributed by atoms with Crippen molar-refractivity contribution in [3.63, 3.8) is 0 Å². The van der Waals surface area contributed by atoms with Crippen molar-refractivity contribution in [3.8, 4) is 0 Å². The van der Waals surface area contributed by atoms with Gasteiger partial charge in [-0.15, -0.1) is 11.3 Å². The number of thiophene rings is 1. The largest absolute Gasteiger partial charge is 0.302 e. The number of nitrogens with zero attached hydrogens (tertiary/aromatic N) is 3. The summed E-state index contributed by atoms with van der Waals surface area (Å²) in [6.07, 6.45) is 1.62. The minimum atomic E-state index is 0.381. The summed E-state index contributed by atoms with van der Waals surface area (Å²) in [6, 6.07) is 4.67. The molecular weight excluding hydrogens is 244 g/mol. The summed E-state index contributed by atoms with van der Waals surface area (Å²) >= 11 is 1.80. The van der Waals surface area contributed by atoms with Crippen molar-refractivity contribution in [2.24, 2.45) is 5.92 Å². The van der Waals surface area contributed by atoms with Crippen LogP contribution in [0.5, 0.6) is 0 Å². The van der Waals surface area contributed by atoms with E-state index in [1.54, 1.807) is 17.7 Å². The topological polar surface area (TPSA) is 42.7 Å². The Bertz CT molecular complexity index is 461. The number of nitrogens with one attached hydrogen (secondary N) is 1. The maximum absolute atomic E-state index is 4.29. The molecule has 0 bridgehead atoms. The van der Waals surface area contributed by atoms with Crippen molar-refractivity contribution in [1.29, 1.82) is 0 Å². The van der Waals surface area contributed by atoms with Crippen molar-refractivity contribution in [1.82, 2.24) is 20.1 Å². The summed E-state index contributed by atoms with van der Waals surface area (Å²) < 4.78 is 1.93. The first-order chi connectivity index (χ1) is 8.72. The SMILES string of the molecule is CCn1ncnc1CNC(c1cccs1)C(C)C. The average Bonchev–Trinajstić information content (AvgIpc) is 2.99. The van der Waals surface area contributed by atoms with Crippen LogP contribution < -0.4 is 5.32 Å². The Kier molecular flexibility index (Phi) is 4.49. The van der Waals surface area contributed by atoms with Crippen molar-refractivity contribution >= 4 is 11.3 Å². The van der Waals surface area contributed by atoms with Gasteiger partial charge < -0.3 is 5.32 Å². The lowest BCUT2D eigenvalue weighted by Gasteiger charge is -2.21. The molecule has 0 saturated carbocycles. The molecule has 0 saturated heterocycles. The van der Waals surface area contributed by atoms with E-state index in [4.69, 9.17) is 0 Å². The summed E-state index contributed by atoms with van der Waals surface area (Å²) in [7, 11) is 0. The average molecular weight is 264 g/mol. The second-order valence-electron chi connectivity index (χ2n) is 4.61. The lowest BCUT2D eigenvalue weighted by atomic mass is 10.0. The Hall–Kier alpha value is -1.20. The molecule has 2 heterocycles. The molecule has 0 aliphatic rings. The van der Waals surface area contributed by atoms with Gasteiger partial charge in [0.05, 0.1) is 6.54 Å². The Morgan fingerprint density at radius 1 is 1.44 bits per heavy atom. The summed E-state index contributed by atoms with van der Waals surface area (Å²) in [4.78, 5) is 5.67. The van der Waals surface area contributed by atoms with E-state index in [2.05, 4.69) is 53.7 Å². The molecule has 0 fully saturated rings. The van der Waals surface area contributed by atoms with Crippen LogP contribution in [0.25, 0.3) is 0 Å². The molecule has 18 heavy (non-hydrogen) atoms.